The summed E-state index contributed by atoms with van der Waals surface area (Å²) >= 11 is 0. The van der Waals surface area contributed by atoms with Gasteiger partial charge in [-0.2, -0.15) is 0 Å². The molecular weight excluding hydrogens is 440 g/mol. The van der Waals surface area contributed by atoms with Crippen LogP contribution in [-0.2, 0) is 41.8 Å². The number of esters is 2. The van der Waals surface area contributed by atoms with Crippen molar-refractivity contribution in [3.8, 4) is 11.5 Å². The monoisotopic (exact) mass is 476 g/mol. The van der Waals surface area contributed by atoms with Crippen LogP contribution in [0, 0.1) is 0 Å². The van der Waals surface area contributed by atoms with E-state index < -0.39 is 12.2 Å². The molecular formula is C26H36O8. The van der Waals surface area contributed by atoms with Gasteiger partial charge in [0, 0.05) is 14.2 Å². The Morgan fingerprint density at radius 2 is 1.09 bits per heavy atom. The zero-order valence-electron chi connectivity index (χ0n) is 20.9. The van der Waals surface area contributed by atoms with Gasteiger partial charge in [-0.25, -0.2) is 9.59 Å². The van der Waals surface area contributed by atoms with Crippen LogP contribution >= 0.6 is 0 Å². The fraction of sp³-hybridized carbons (Fsp3) is 0.462. The van der Waals surface area contributed by atoms with Crippen LogP contribution in [0.1, 0.15) is 38.8 Å². The lowest BCUT2D eigenvalue weighted by molar-refractivity contribution is -0.151. The van der Waals surface area contributed by atoms with Crippen molar-refractivity contribution in [1.82, 2.24) is 0 Å². The number of ether oxygens (including phenoxy) is 6. The van der Waals surface area contributed by atoms with Gasteiger partial charge in [-0.3, -0.25) is 0 Å². The normalized spacial score (nSPS) is 11.9. The van der Waals surface area contributed by atoms with Gasteiger partial charge in [0.15, 0.2) is 12.2 Å². The van der Waals surface area contributed by atoms with Crippen molar-refractivity contribution < 1.29 is 38.0 Å². The summed E-state index contributed by atoms with van der Waals surface area (Å²) in [4.78, 5) is 22.8. The number of rotatable bonds is 12. The molecule has 0 heterocycles. The van der Waals surface area contributed by atoms with Crippen molar-refractivity contribution in [3.63, 3.8) is 0 Å². The molecule has 8 heteroatoms. The van der Waals surface area contributed by atoms with Crippen molar-refractivity contribution in [3.05, 3.63) is 59.7 Å². The van der Waals surface area contributed by atoms with Crippen LogP contribution in [-0.4, -0.2) is 51.6 Å². The average molecular weight is 477 g/mol. The molecule has 0 saturated carbocycles. The zero-order valence-corrected chi connectivity index (χ0v) is 20.9. The second-order valence-electron chi connectivity index (χ2n) is 7.19. The first kappa shape index (κ1) is 28.9. The highest BCUT2D eigenvalue weighted by Crippen LogP contribution is 2.17. The molecule has 2 rings (SSSR count). The molecule has 0 aliphatic carbocycles. The largest absolute Gasteiger partial charge is 0.479 e. The number of carbonyl (C=O) groups is 2. The molecule has 0 fully saturated rings. The molecule has 0 aliphatic rings. The molecule has 2 unspecified atom stereocenters. The summed E-state index contributed by atoms with van der Waals surface area (Å²) < 4.78 is 30.8. The van der Waals surface area contributed by atoms with Crippen molar-refractivity contribution >= 4 is 11.9 Å². The van der Waals surface area contributed by atoms with E-state index in [1.165, 1.54) is 0 Å². The van der Waals surface area contributed by atoms with E-state index in [2.05, 4.69) is 0 Å². The molecule has 0 bridgehead atoms. The first-order valence-electron chi connectivity index (χ1n) is 11.2. The van der Waals surface area contributed by atoms with Crippen LogP contribution < -0.4 is 9.47 Å². The molecule has 0 amide bonds. The summed E-state index contributed by atoms with van der Waals surface area (Å²) in [5.41, 5.74) is 2.00. The molecule has 0 spiro atoms. The molecule has 34 heavy (non-hydrogen) atoms. The SMILES string of the molecule is CCOC(=O)C(C)Oc1cccc(COC)c1.CCOC(=O)C(C)Oc1cccc(COC)c1. The number of hydrogen-bond acceptors (Lipinski definition) is 8. The number of carbonyl (C=O) groups excluding carboxylic acids is 2. The van der Waals surface area contributed by atoms with Crippen LogP contribution in [0.4, 0.5) is 0 Å². The highest BCUT2D eigenvalue weighted by atomic mass is 16.6. The van der Waals surface area contributed by atoms with Crippen molar-refractivity contribution in [2.45, 2.75) is 53.1 Å². The predicted molar refractivity (Wildman–Crippen MR) is 128 cm³/mol. The van der Waals surface area contributed by atoms with Crippen LogP contribution in [0.5, 0.6) is 11.5 Å². The Morgan fingerprint density at radius 3 is 1.41 bits per heavy atom. The molecule has 2 aromatic rings. The lowest BCUT2D eigenvalue weighted by atomic mass is 10.2. The maximum Gasteiger partial charge on any atom is 0.347 e. The molecule has 0 aliphatic heterocycles. The number of benzene rings is 2. The van der Waals surface area contributed by atoms with Gasteiger partial charge in [0.1, 0.15) is 11.5 Å². The highest BCUT2D eigenvalue weighted by molar-refractivity contribution is 5.75. The third-order valence-corrected chi connectivity index (χ3v) is 4.28. The van der Waals surface area contributed by atoms with E-state index >= 15 is 0 Å². The summed E-state index contributed by atoms with van der Waals surface area (Å²) in [5.74, 6) is 0.564. The van der Waals surface area contributed by atoms with Gasteiger partial charge in [0.2, 0.25) is 0 Å². The van der Waals surface area contributed by atoms with Gasteiger partial charge < -0.3 is 28.4 Å². The van der Waals surface area contributed by atoms with E-state index in [9.17, 15) is 9.59 Å². The molecule has 2 atom stereocenters. The van der Waals surface area contributed by atoms with Crippen LogP contribution in [0.25, 0.3) is 0 Å². The van der Waals surface area contributed by atoms with Crippen LogP contribution in [0.15, 0.2) is 48.5 Å². The Kier molecular flexibility index (Phi) is 14.0. The minimum atomic E-state index is -0.604. The van der Waals surface area contributed by atoms with Gasteiger partial charge in [-0.1, -0.05) is 24.3 Å². The van der Waals surface area contributed by atoms with E-state index in [0.717, 1.165) is 11.1 Å². The Bertz CT molecular complexity index is 796. The van der Waals surface area contributed by atoms with Crippen LogP contribution in [0.2, 0.25) is 0 Å². The summed E-state index contributed by atoms with van der Waals surface area (Å²) in [5, 5.41) is 0. The Morgan fingerprint density at radius 1 is 0.706 bits per heavy atom. The van der Waals surface area contributed by atoms with E-state index in [0.29, 0.717) is 37.9 Å². The summed E-state index contributed by atoms with van der Waals surface area (Å²) in [6.45, 7) is 8.62. The third kappa shape index (κ3) is 11.2. The summed E-state index contributed by atoms with van der Waals surface area (Å²) in [6.07, 6.45) is -1.21. The molecule has 8 nitrogen and oxygen atoms in total. The molecule has 188 valence electrons. The predicted octanol–water partition coefficient (Wildman–Crippen LogP) is 4.33. The first-order valence-corrected chi connectivity index (χ1v) is 11.2. The topological polar surface area (TPSA) is 89.5 Å². The number of hydrogen-bond donors (Lipinski definition) is 0. The van der Waals surface area contributed by atoms with E-state index in [-0.39, 0.29) is 11.9 Å². The van der Waals surface area contributed by atoms with E-state index in [1.54, 1.807) is 54.0 Å². The lowest BCUT2D eigenvalue weighted by Crippen LogP contribution is -2.26. The van der Waals surface area contributed by atoms with Crippen molar-refractivity contribution in [2.24, 2.45) is 0 Å². The molecule has 0 radical (unpaired) electrons. The molecule has 0 saturated heterocycles. The zero-order chi connectivity index (χ0) is 25.3. The minimum Gasteiger partial charge on any atom is -0.479 e. The molecule has 0 aromatic heterocycles. The van der Waals surface area contributed by atoms with Crippen LogP contribution in [0.3, 0.4) is 0 Å². The third-order valence-electron chi connectivity index (χ3n) is 4.28. The van der Waals surface area contributed by atoms with Crippen molar-refractivity contribution in [1.29, 1.82) is 0 Å². The maximum absolute atomic E-state index is 11.4. The van der Waals surface area contributed by atoms with Crippen molar-refractivity contribution in [2.75, 3.05) is 27.4 Å². The van der Waals surface area contributed by atoms with Gasteiger partial charge >= 0.3 is 11.9 Å². The second kappa shape index (κ2) is 16.5. The van der Waals surface area contributed by atoms with Gasteiger partial charge in [0.25, 0.3) is 0 Å². The van der Waals surface area contributed by atoms with Gasteiger partial charge in [0.05, 0.1) is 26.4 Å². The Hall–Kier alpha value is -3.10. The summed E-state index contributed by atoms with van der Waals surface area (Å²) in [7, 11) is 3.27. The maximum atomic E-state index is 11.4. The first-order chi connectivity index (χ1) is 16.3. The number of methoxy groups -OCH3 is 2. The standard InChI is InChI=1S/2C13H18O4/c2*1-4-16-13(14)10(2)17-12-7-5-6-11(8-12)9-15-3/h2*5-8,10H,4,9H2,1-3H3. The Labute approximate surface area is 202 Å². The minimum absolute atomic E-state index is 0.357. The van der Waals surface area contributed by atoms with Gasteiger partial charge in [-0.15, -0.1) is 0 Å². The lowest BCUT2D eigenvalue weighted by Gasteiger charge is -2.13. The summed E-state index contributed by atoms with van der Waals surface area (Å²) in [6, 6.07) is 14.9. The molecule has 2 aromatic carbocycles. The highest BCUT2D eigenvalue weighted by Gasteiger charge is 2.16. The van der Waals surface area contributed by atoms with Gasteiger partial charge in [-0.05, 0) is 63.1 Å². The Balaban J connectivity index is 0.000000340. The smallest absolute Gasteiger partial charge is 0.347 e. The second-order valence-corrected chi connectivity index (χ2v) is 7.19. The average Bonchev–Trinajstić information content (AvgIpc) is 2.81. The van der Waals surface area contributed by atoms with E-state index in [1.807, 2.05) is 36.4 Å². The quantitative estimate of drug-likeness (QED) is 0.418. The molecule has 0 N–H and O–H groups in total. The van der Waals surface area contributed by atoms with E-state index in [4.69, 9.17) is 28.4 Å². The fourth-order valence-corrected chi connectivity index (χ4v) is 2.77. The fourth-order valence-electron chi connectivity index (χ4n) is 2.77.